The maximum atomic E-state index is 11.6. The summed E-state index contributed by atoms with van der Waals surface area (Å²) in [4.78, 5) is 0.849. The Labute approximate surface area is 111 Å². The Hall–Kier alpha value is -1.38. The van der Waals surface area contributed by atoms with Crippen molar-refractivity contribution in [2.75, 3.05) is 19.3 Å². The quantitative estimate of drug-likeness (QED) is 0.807. The summed E-state index contributed by atoms with van der Waals surface area (Å²) in [6, 6.07) is 3.47. The number of rotatable bonds is 4. The molecular formula is C11H13N3O2S2. The van der Waals surface area contributed by atoms with Crippen LogP contribution < -0.4 is 5.73 Å². The fraction of sp³-hybridized carbons (Fsp3) is 0.364. The van der Waals surface area contributed by atoms with Crippen LogP contribution in [0.3, 0.4) is 0 Å². The number of hydrogen-bond donors (Lipinski definition) is 1. The third kappa shape index (κ3) is 4.13. The maximum Gasteiger partial charge on any atom is 0.227 e. The molecule has 18 heavy (non-hydrogen) atoms. The molecule has 1 heterocycles. The van der Waals surface area contributed by atoms with E-state index in [0.717, 1.165) is 10.4 Å². The van der Waals surface area contributed by atoms with Gasteiger partial charge in [0, 0.05) is 13.6 Å². The molecule has 0 bridgehead atoms. The minimum Gasteiger partial charge on any atom is -0.320 e. The lowest BCUT2D eigenvalue weighted by molar-refractivity contribution is 0.470. The molecule has 0 aliphatic rings. The largest absolute Gasteiger partial charge is 0.320 e. The zero-order valence-corrected chi connectivity index (χ0v) is 11.5. The van der Waals surface area contributed by atoms with Crippen molar-refractivity contribution in [1.82, 2.24) is 4.31 Å². The van der Waals surface area contributed by atoms with E-state index in [9.17, 15) is 8.42 Å². The smallest absolute Gasteiger partial charge is 0.227 e. The molecule has 1 aromatic rings. The van der Waals surface area contributed by atoms with Gasteiger partial charge < -0.3 is 5.73 Å². The average molecular weight is 283 g/mol. The van der Waals surface area contributed by atoms with Crippen LogP contribution in [0.25, 0.3) is 0 Å². The summed E-state index contributed by atoms with van der Waals surface area (Å²) in [6.45, 7) is 0.536. The van der Waals surface area contributed by atoms with Crippen molar-refractivity contribution in [3.8, 4) is 17.9 Å². The molecule has 0 aliphatic heterocycles. The molecule has 0 aromatic carbocycles. The molecule has 0 spiro atoms. The van der Waals surface area contributed by atoms with E-state index in [0.29, 0.717) is 6.54 Å². The Balaban J connectivity index is 2.74. The molecule has 5 nitrogen and oxygen atoms in total. The number of thiophene rings is 1. The second-order valence-electron chi connectivity index (χ2n) is 3.50. The van der Waals surface area contributed by atoms with E-state index < -0.39 is 15.8 Å². The summed E-state index contributed by atoms with van der Waals surface area (Å²) in [5.74, 6) is 5.11. The van der Waals surface area contributed by atoms with Gasteiger partial charge in [-0.2, -0.15) is 9.57 Å². The van der Waals surface area contributed by atoms with Crippen molar-refractivity contribution >= 4 is 21.4 Å². The minimum atomic E-state index is -3.50. The van der Waals surface area contributed by atoms with Crippen molar-refractivity contribution in [2.45, 2.75) is 6.54 Å². The van der Waals surface area contributed by atoms with Crippen molar-refractivity contribution in [2.24, 2.45) is 5.73 Å². The van der Waals surface area contributed by atoms with Crippen molar-refractivity contribution in [1.29, 1.82) is 5.26 Å². The first kappa shape index (κ1) is 14.7. The summed E-state index contributed by atoms with van der Waals surface area (Å²) in [5.41, 5.74) is 6.12. The lowest BCUT2D eigenvalue weighted by atomic mass is 10.3. The second-order valence-corrected chi connectivity index (χ2v) is 6.48. The topological polar surface area (TPSA) is 87.2 Å². The lowest BCUT2D eigenvalue weighted by Gasteiger charge is -2.13. The Kier molecular flexibility index (Phi) is 5.32. The Morgan fingerprint density at radius 3 is 2.89 bits per heavy atom. The molecule has 0 atom stereocenters. The Morgan fingerprint density at radius 2 is 2.28 bits per heavy atom. The van der Waals surface area contributed by atoms with Crippen LogP contribution in [0.5, 0.6) is 0 Å². The average Bonchev–Trinajstić information content (AvgIpc) is 2.74. The molecule has 0 amide bonds. The lowest BCUT2D eigenvalue weighted by Crippen LogP contribution is -2.28. The third-order valence-corrected chi connectivity index (χ3v) is 4.56. The molecule has 96 valence electrons. The van der Waals surface area contributed by atoms with Crippen LogP contribution in [0, 0.1) is 23.2 Å². The van der Waals surface area contributed by atoms with Gasteiger partial charge in [0.2, 0.25) is 10.0 Å². The van der Waals surface area contributed by atoms with Gasteiger partial charge in [-0.3, -0.25) is 0 Å². The summed E-state index contributed by atoms with van der Waals surface area (Å²) in [6.07, 6.45) is 0. The van der Waals surface area contributed by atoms with E-state index in [-0.39, 0.29) is 6.54 Å². The summed E-state index contributed by atoms with van der Waals surface area (Å²) in [5, 5.41) is 10.3. The summed E-state index contributed by atoms with van der Waals surface area (Å²) >= 11 is 1.44. The number of hydrogen-bond acceptors (Lipinski definition) is 5. The molecule has 0 saturated heterocycles. The zero-order valence-electron chi connectivity index (χ0n) is 9.88. The van der Waals surface area contributed by atoms with E-state index in [1.165, 1.54) is 22.7 Å². The highest BCUT2D eigenvalue weighted by atomic mass is 32.2. The van der Waals surface area contributed by atoms with Gasteiger partial charge in [0.05, 0.1) is 17.5 Å². The van der Waals surface area contributed by atoms with Crippen molar-refractivity contribution in [3.05, 3.63) is 21.9 Å². The molecule has 0 unspecified atom stereocenters. The first-order valence-corrected chi connectivity index (χ1v) is 7.56. The first-order valence-electron chi connectivity index (χ1n) is 5.07. The maximum absolute atomic E-state index is 11.6. The molecule has 0 aliphatic carbocycles. The fourth-order valence-corrected chi connectivity index (χ4v) is 2.71. The van der Waals surface area contributed by atoms with Crippen LogP contribution in [0.2, 0.25) is 0 Å². The van der Waals surface area contributed by atoms with Crippen LogP contribution in [0.15, 0.2) is 11.4 Å². The van der Waals surface area contributed by atoms with Gasteiger partial charge in [-0.15, -0.1) is 11.3 Å². The normalized spacial score (nSPS) is 10.8. The van der Waals surface area contributed by atoms with E-state index in [1.54, 1.807) is 6.07 Å². The van der Waals surface area contributed by atoms with Crippen molar-refractivity contribution in [3.63, 3.8) is 0 Å². The monoisotopic (exact) mass is 283 g/mol. The zero-order chi connectivity index (χ0) is 13.6. The predicted molar refractivity (Wildman–Crippen MR) is 71.1 cm³/mol. The SMILES string of the molecule is CN(Cc1csc(C#CCN)c1)S(=O)(=O)CC#N. The van der Waals surface area contributed by atoms with Gasteiger partial charge in [-0.1, -0.05) is 11.8 Å². The molecule has 0 radical (unpaired) electrons. The first-order chi connectivity index (χ1) is 8.49. The van der Waals surface area contributed by atoms with Crippen LogP contribution in [-0.4, -0.2) is 32.1 Å². The van der Waals surface area contributed by atoms with Crippen LogP contribution >= 0.6 is 11.3 Å². The van der Waals surface area contributed by atoms with E-state index in [1.807, 2.05) is 11.4 Å². The van der Waals surface area contributed by atoms with Gasteiger partial charge in [0.15, 0.2) is 5.75 Å². The van der Waals surface area contributed by atoms with Gasteiger partial charge in [-0.05, 0) is 17.0 Å². The highest BCUT2D eigenvalue weighted by Crippen LogP contribution is 2.16. The van der Waals surface area contributed by atoms with E-state index >= 15 is 0 Å². The molecule has 1 rings (SSSR count). The van der Waals surface area contributed by atoms with E-state index in [2.05, 4.69) is 11.8 Å². The van der Waals surface area contributed by atoms with Gasteiger partial charge >= 0.3 is 0 Å². The Morgan fingerprint density at radius 1 is 1.56 bits per heavy atom. The molecule has 0 fully saturated rings. The van der Waals surface area contributed by atoms with Crippen LogP contribution in [0.1, 0.15) is 10.4 Å². The van der Waals surface area contributed by atoms with Gasteiger partial charge in [0.25, 0.3) is 0 Å². The fourth-order valence-electron chi connectivity index (χ4n) is 1.21. The standard InChI is InChI=1S/C11H13N3O2S2/c1-14(18(15,16)6-5-13)8-10-7-11(17-9-10)3-2-4-12/h7,9H,4,6,8,12H2,1H3. The van der Waals surface area contributed by atoms with E-state index in [4.69, 9.17) is 11.0 Å². The molecule has 0 saturated carbocycles. The van der Waals surface area contributed by atoms with Gasteiger partial charge in [-0.25, -0.2) is 8.42 Å². The molecule has 2 N–H and O–H groups in total. The number of nitrogens with two attached hydrogens (primary N) is 1. The predicted octanol–water partition coefficient (Wildman–Crippen LogP) is 0.343. The highest BCUT2D eigenvalue weighted by Gasteiger charge is 2.17. The third-order valence-electron chi connectivity index (χ3n) is 2.09. The molecular weight excluding hydrogens is 270 g/mol. The van der Waals surface area contributed by atoms with Gasteiger partial charge in [0.1, 0.15) is 0 Å². The number of nitriles is 1. The minimum absolute atomic E-state index is 0.241. The molecule has 1 aromatic heterocycles. The highest BCUT2D eigenvalue weighted by molar-refractivity contribution is 7.89. The number of sulfonamides is 1. The van der Waals surface area contributed by atoms with Crippen LogP contribution in [-0.2, 0) is 16.6 Å². The second kappa shape index (κ2) is 6.53. The van der Waals surface area contributed by atoms with Crippen LogP contribution in [0.4, 0.5) is 0 Å². The Bertz CT molecular complexity index is 602. The number of nitrogens with zero attached hydrogens (tertiary/aromatic N) is 2. The summed E-state index contributed by atoms with van der Waals surface area (Å²) < 4.78 is 24.3. The summed E-state index contributed by atoms with van der Waals surface area (Å²) in [7, 11) is -2.04. The van der Waals surface area contributed by atoms with Crippen molar-refractivity contribution < 1.29 is 8.42 Å². The molecule has 7 heteroatoms.